The largest absolute Gasteiger partial charge is 0.492 e. The van der Waals surface area contributed by atoms with Crippen molar-refractivity contribution in [2.45, 2.75) is 6.92 Å². The molecule has 0 aliphatic heterocycles. The van der Waals surface area contributed by atoms with Crippen LogP contribution in [0.15, 0.2) is 64.3 Å². The molecule has 4 aromatic rings. The van der Waals surface area contributed by atoms with Crippen LogP contribution in [-0.4, -0.2) is 25.2 Å². The smallest absolute Gasteiger partial charge is 0.330 e. The maximum absolute atomic E-state index is 13.1. The number of nitro groups is 1. The van der Waals surface area contributed by atoms with Gasteiger partial charge in [-0.25, -0.2) is 4.79 Å². The van der Waals surface area contributed by atoms with Crippen molar-refractivity contribution in [3.63, 3.8) is 0 Å². The molecular weight excluding hydrogens is 400 g/mol. The van der Waals surface area contributed by atoms with Gasteiger partial charge in [-0.05, 0) is 19.1 Å². The van der Waals surface area contributed by atoms with Gasteiger partial charge in [0.1, 0.15) is 5.75 Å². The Kier molecular flexibility index (Phi) is 4.94. The molecule has 2 heterocycles. The molecule has 0 amide bonds. The fourth-order valence-corrected chi connectivity index (χ4v) is 3.71. The van der Waals surface area contributed by atoms with Crippen molar-refractivity contribution in [2.24, 2.45) is 14.1 Å². The SMILES string of the molecule is CCOc1ccccc1-n1cc2c(c1-c1cccc([N+](=O)[O-])c1)c(=O)n(C)c(=O)n2C. The van der Waals surface area contributed by atoms with Gasteiger partial charge in [0.2, 0.25) is 0 Å². The Morgan fingerprint density at radius 1 is 1.03 bits per heavy atom. The standard InChI is InChI=1S/C22H20N4O5/c1-4-31-18-11-6-5-10-16(18)25-13-17-19(21(27)24(3)22(28)23(17)2)20(25)14-8-7-9-15(12-14)26(29)30/h5-13H,4H2,1-3H3. The highest BCUT2D eigenvalue weighted by Crippen LogP contribution is 2.35. The summed E-state index contributed by atoms with van der Waals surface area (Å²) in [4.78, 5) is 36.5. The number of nitro benzene ring substituents is 1. The van der Waals surface area contributed by atoms with E-state index in [4.69, 9.17) is 4.74 Å². The number of non-ortho nitro benzene ring substituents is 1. The first kappa shape index (κ1) is 20.1. The zero-order valence-electron chi connectivity index (χ0n) is 17.2. The van der Waals surface area contributed by atoms with Crippen molar-refractivity contribution in [1.29, 1.82) is 0 Å². The zero-order chi connectivity index (χ0) is 22.3. The molecular formula is C22H20N4O5. The number of fused-ring (bicyclic) bond motifs is 1. The Labute approximate surface area is 176 Å². The molecule has 0 atom stereocenters. The van der Waals surface area contributed by atoms with E-state index in [0.717, 1.165) is 4.57 Å². The van der Waals surface area contributed by atoms with Crippen molar-refractivity contribution in [1.82, 2.24) is 13.7 Å². The molecule has 9 nitrogen and oxygen atoms in total. The Bertz CT molecular complexity index is 1440. The number of aryl methyl sites for hydroxylation is 1. The third-order valence-electron chi connectivity index (χ3n) is 5.19. The first-order valence-electron chi connectivity index (χ1n) is 9.63. The average Bonchev–Trinajstić information content (AvgIpc) is 3.17. The first-order valence-corrected chi connectivity index (χ1v) is 9.63. The second kappa shape index (κ2) is 7.60. The van der Waals surface area contributed by atoms with E-state index in [1.807, 2.05) is 25.1 Å². The third-order valence-corrected chi connectivity index (χ3v) is 5.19. The second-order valence-corrected chi connectivity index (χ2v) is 7.02. The molecule has 2 aromatic carbocycles. The van der Waals surface area contributed by atoms with Gasteiger partial charge in [0, 0.05) is 38.0 Å². The predicted octanol–water partition coefficient (Wildman–Crippen LogP) is 3.00. The Morgan fingerprint density at radius 3 is 2.48 bits per heavy atom. The normalized spacial score (nSPS) is 11.1. The van der Waals surface area contributed by atoms with Crippen molar-refractivity contribution in [3.8, 4) is 22.7 Å². The van der Waals surface area contributed by atoms with Gasteiger partial charge in [-0.3, -0.25) is 24.0 Å². The van der Waals surface area contributed by atoms with Crippen molar-refractivity contribution in [2.75, 3.05) is 6.61 Å². The van der Waals surface area contributed by atoms with Gasteiger partial charge in [-0.15, -0.1) is 0 Å². The van der Waals surface area contributed by atoms with E-state index in [1.165, 1.54) is 23.7 Å². The lowest BCUT2D eigenvalue weighted by atomic mass is 10.1. The first-order chi connectivity index (χ1) is 14.8. The van der Waals surface area contributed by atoms with Crippen LogP contribution in [0.2, 0.25) is 0 Å². The van der Waals surface area contributed by atoms with E-state index in [9.17, 15) is 19.7 Å². The summed E-state index contributed by atoms with van der Waals surface area (Å²) in [5.74, 6) is 0.582. The number of ether oxygens (including phenoxy) is 1. The second-order valence-electron chi connectivity index (χ2n) is 7.02. The summed E-state index contributed by atoms with van der Waals surface area (Å²) in [5, 5.41) is 11.7. The molecule has 0 radical (unpaired) electrons. The topological polar surface area (TPSA) is 101 Å². The number of hydrogen-bond donors (Lipinski definition) is 0. The van der Waals surface area contributed by atoms with Gasteiger partial charge in [-0.1, -0.05) is 24.3 Å². The number of aromatic nitrogens is 3. The maximum atomic E-state index is 13.1. The number of hydrogen-bond acceptors (Lipinski definition) is 5. The molecule has 0 bridgehead atoms. The highest BCUT2D eigenvalue weighted by atomic mass is 16.6. The van der Waals surface area contributed by atoms with Gasteiger partial charge >= 0.3 is 5.69 Å². The molecule has 9 heteroatoms. The maximum Gasteiger partial charge on any atom is 0.330 e. The minimum absolute atomic E-state index is 0.0989. The molecule has 0 spiro atoms. The molecule has 0 saturated carbocycles. The molecule has 2 aromatic heterocycles. The van der Waals surface area contributed by atoms with Crippen LogP contribution < -0.4 is 16.0 Å². The molecule has 4 rings (SSSR count). The summed E-state index contributed by atoms with van der Waals surface area (Å²) in [6.45, 7) is 2.30. The Morgan fingerprint density at radius 2 is 1.77 bits per heavy atom. The van der Waals surface area contributed by atoms with Crippen LogP contribution in [0, 0.1) is 10.1 Å². The van der Waals surface area contributed by atoms with Crippen LogP contribution >= 0.6 is 0 Å². The van der Waals surface area contributed by atoms with Crippen LogP contribution in [0.4, 0.5) is 5.69 Å². The summed E-state index contributed by atoms with van der Waals surface area (Å²) < 4.78 is 9.93. The van der Waals surface area contributed by atoms with Gasteiger partial charge in [0.25, 0.3) is 11.2 Å². The van der Waals surface area contributed by atoms with Crippen molar-refractivity contribution < 1.29 is 9.66 Å². The summed E-state index contributed by atoms with van der Waals surface area (Å²) in [6.07, 6.45) is 1.68. The zero-order valence-corrected chi connectivity index (χ0v) is 17.2. The summed E-state index contributed by atoms with van der Waals surface area (Å²) in [7, 11) is 2.99. The molecule has 0 aliphatic rings. The van der Waals surface area contributed by atoms with Crippen molar-refractivity contribution in [3.05, 3.63) is 85.7 Å². The lowest BCUT2D eigenvalue weighted by molar-refractivity contribution is -0.384. The van der Waals surface area contributed by atoms with E-state index in [0.29, 0.717) is 34.8 Å². The fraction of sp³-hybridized carbons (Fsp3) is 0.182. The lowest BCUT2D eigenvalue weighted by Gasteiger charge is -2.14. The average molecular weight is 420 g/mol. The Balaban J connectivity index is 2.19. The number of benzene rings is 2. The third kappa shape index (κ3) is 3.20. The molecule has 158 valence electrons. The highest BCUT2D eigenvalue weighted by molar-refractivity contribution is 5.95. The summed E-state index contributed by atoms with van der Waals surface area (Å²) in [6, 6.07) is 13.4. The molecule has 0 N–H and O–H groups in total. The van der Waals surface area contributed by atoms with Gasteiger partial charge in [0.15, 0.2) is 0 Å². The van der Waals surface area contributed by atoms with E-state index < -0.39 is 16.2 Å². The fourth-order valence-electron chi connectivity index (χ4n) is 3.71. The quantitative estimate of drug-likeness (QED) is 0.365. The van der Waals surface area contributed by atoms with E-state index in [1.54, 1.807) is 36.0 Å². The van der Waals surface area contributed by atoms with E-state index >= 15 is 0 Å². The molecule has 0 aliphatic carbocycles. The lowest BCUT2D eigenvalue weighted by Crippen LogP contribution is -2.36. The molecule has 31 heavy (non-hydrogen) atoms. The van der Waals surface area contributed by atoms with Gasteiger partial charge in [-0.2, -0.15) is 0 Å². The van der Waals surface area contributed by atoms with Crippen LogP contribution in [-0.2, 0) is 14.1 Å². The number of para-hydroxylation sites is 2. The van der Waals surface area contributed by atoms with Crippen LogP contribution in [0.5, 0.6) is 5.75 Å². The van der Waals surface area contributed by atoms with Crippen LogP contribution in [0.3, 0.4) is 0 Å². The van der Waals surface area contributed by atoms with Crippen molar-refractivity contribution >= 4 is 16.6 Å². The summed E-state index contributed by atoms with van der Waals surface area (Å²) in [5.41, 5.74) is 0.953. The minimum Gasteiger partial charge on any atom is -0.492 e. The van der Waals surface area contributed by atoms with Gasteiger partial charge in [0.05, 0.1) is 33.8 Å². The minimum atomic E-state index is -0.485. The highest BCUT2D eigenvalue weighted by Gasteiger charge is 2.22. The Hall–Kier alpha value is -4.14. The molecule has 0 unspecified atom stereocenters. The number of nitrogens with zero attached hydrogens (tertiary/aromatic N) is 4. The summed E-state index contributed by atoms with van der Waals surface area (Å²) >= 11 is 0. The van der Waals surface area contributed by atoms with Crippen LogP contribution in [0.1, 0.15) is 6.92 Å². The molecule has 0 saturated heterocycles. The van der Waals surface area contributed by atoms with E-state index in [2.05, 4.69) is 0 Å². The predicted molar refractivity (Wildman–Crippen MR) is 117 cm³/mol. The number of rotatable bonds is 5. The van der Waals surface area contributed by atoms with E-state index in [-0.39, 0.29) is 11.1 Å². The molecule has 0 fully saturated rings. The van der Waals surface area contributed by atoms with Crippen LogP contribution in [0.25, 0.3) is 27.8 Å². The monoisotopic (exact) mass is 420 g/mol. The van der Waals surface area contributed by atoms with Gasteiger partial charge < -0.3 is 9.30 Å².